The van der Waals surface area contributed by atoms with E-state index in [9.17, 15) is 20.1 Å². The Morgan fingerprint density at radius 1 is 1.10 bits per heavy atom. The van der Waals surface area contributed by atoms with E-state index in [2.05, 4.69) is 5.32 Å². The minimum absolute atomic E-state index is 0.00839. The van der Waals surface area contributed by atoms with Crippen LogP contribution in [-0.2, 0) is 0 Å². The van der Waals surface area contributed by atoms with Crippen LogP contribution < -0.4 is 15.5 Å². The number of phenolic OH excluding ortho intramolecular Hbond substituents is 1. The Morgan fingerprint density at radius 3 is 2.45 bits per heavy atom. The number of benzene rings is 2. The Labute approximate surface area is 168 Å². The molecule has 0 spiro atoms. The zero-order chi connectivity index (χ0) is 21.2. The zero-order valence-corrected chi connectivity index (χ0v) is 16.6. The number of hydrogen-bond acceptors (Lipinski definition) is 7. The van der Waals surface area contributed by atoms with Gasteiger partial charge in [-0.2, -0.15) is 0 Å². The largest absolute Gasteiger partial charge is 0.508 e. The molecular weight excluding hydrogens is 374 g/mol. The average Bonchev–Trinajstić information content (AvgIpc) is 2.67. The smallest absolute Gasteiger partial charge is 0.235 e. The zero-order valence-electron chi connectivity index (χ0n) is 16.6. The van der Waals surface area contributed by atoms with Crippen molar-refractivity contribution < 1.29 is 24.5 Å². The number of hydrogen-bond donors (Lipinski definition) is 4. The fourth-order valence-corrected chi connectivity index (χ4v) is 2.74. The summed E-state index contributed by atoms with van der Waals surface area (Å²) in [5, 5.41) is 33.2. The maximum atomic E-state index is 12.5. The SMILES string of the molecule is CC(C)(C)NCC(O)COc1ccc2c(=O)c(O)c(-c3ccc(O)cc3)oc2c1. The van der Waals surface area contributed by atoms with Gasteiger partial charge in [-0.3, -0.25) is 4.79 Å². The maximum Gasteiger partial charge on any atom is 0.235 e. The van der Waals surface area contributed by atoms with E-state index >= 15 is 0 Å². The van der Waals surface area contributed by atoms with E-state index in [-0.39, 0.29) is 34.6 Å². The van der Waals surface area contributed by atoms with Gasteiger partial charge in [0.2, 0.25) is 11.2 Å². The molecule has 0 aliphatic carbocycles. The minimum Gasteiger partial charge on any atom is -0.508 e. The molecule has 3 aromatic rings. The third-order valence-electron chi connectivity index (χ3n) is 4.28. The van der Waals surface area contributed by atoms with Crippen molar-refractivity contribution in [3.63, 3.8) is 0 Å². The molecule has 154 valence electrons. The van der Waals surface area contributed by atoms with Crippen molar-refractivity contribution in [2.24, 2.45) is 0 Å². The molecule has 0 radical (unpaired) electrons. The van der Waals surface area contributed by atoms with Gasteiger partial charge in [-0.25, -0.2) is 0 Å². The topological polar surface area (TPSA) is 112 Å². The number of nitrogens with one attached hydrogen (secondary N) is 1. The highest BCUT2D eigenvalue weighted by Gasteiger charge is 2.17. The van der Waals surface area contributed by atoms with Crippen molar-refractivity contribution in [3.05, 3.63) is 52.7 Å². The lowest BCUT2D eigenvalue weighted by Gasteiger charge is -2.23. The van der Waals surface area contributed by atoms with Gasteiger partial charge in [0.15, 0.2) is 5.76 Å². The molecule has 4 N–H and O–H groups in total. The van der Waals surface area contributed by atoms with Gasteiger partial charge in [-0.1, -0.05) is 0 Å². The molecule has 7 nitrogen and oxygen atoms in total. The van der Waals surface area contributed by atoms with Gasteiger partial charge in [0.1, 0.15) is 29.8 Å². The van der Waals surface area contributed by atoms with Gasteiger partial charge in [0.25, 0.3) is 0 Å². The van der Waals surface area contributed by atoms with E-state index in [1.54, 1.807) is 12.1 Å². The summed E-state index contributed by atoms with van der Waals surface area (Å²) >= 11 is 0. The number of fused-ring (bicyclic) bond motifs is 1. The summed E-state index contributed by atoms with van der Waals surface area (Å²) in [6.45, 7) is 6.47. The van der Waals surface area contributed by atoms with E-state index < -0.39 is 17.3 Å². The summed E-state index contributed by atoms with van der Waals surface area (Å²) in [6, 6.07) is 10.6. The number of aromatic hydroxyl groups is 2. The minimum atomic E-state index is -0.704. The summed E-state index contributed by atoms with van der Waals surface area (Å²) in [4.78, 5) is 12.5. The van der Waals surface area contributed by atoms with Crippen LogP contribution in [-0.4, -0.2) is 40.1 Å². The van der Waals surface area contributed by atoms with Crippen molar-refractivity contribution >= 4 is 11.0 Å². The molecule has 2 aromatic carbocycles. The Hall–Kier alpha value is -3.03. The van der Waals surface area contributed by atoms with Crippen LogP contribution >= 0.6 is 0 Å². The highest BCUT2D eigenvalue weighted by atomic mass is 16.5. The molecule has 1 heterocycles. The fraction of sp³-hybridized carbons (Fsp3) is 0.318. The van der Waals surface area contributed by atoms with Gasteiger partial charge in [0, 0.05) is 23.7 Å². The quantitative estimate of drug-likeness (QED) is 0.504. The van der Waals surface area contributed by atoms with Crippen molar-refractivity contribution in [1.29, 1.82) is 0 Å². The van der Waals surface area contributed by atoms with E-state index in [0.717, 1.165) is 0 Å². The van der Waals surface area contributed by atoms with Gasteiger partial charge < -0.3 is 29.8 Å². The van der Waals surface area contributed by atoms with Crippen molar-refractivity contribution in [2.45, 2.75) is 32.4 Å². The lowest BCUT2D eigenvalue weighted by atomic mass is 10.1. The second-order valence-corrected chi connectivity index (χ2v) is 7.91. The number of rotatable bonds is 6. The summed E-state index contributed by atoms with van der Waals surface area (Å²) in [5.74, 6) is -0.000952. The molecule has 0 amide bonds. The molecule has 0 aliphatic heterocycles. The molecule has 0 saturated heterocycles. The number of ether oxygens (including phenoxy) is 1. The predicted octanol–water partition coefficient (Wildman–Crippen LogP) is 3.00. The Bertz CT molecular complexity index is 1050. The molecule has 7 heteroatoms. The third-order valence-corrected chi connectivity index (χ3v) is 4.28. The Morgan fingerprint density at radius 2 is 1.79 bits per heavy atom. The van der Waals surface area contributed by atoms with Crippen LogP contribution in [0.5, 0.6) is 17.2 Å². The fourth-order valence-electron chi connectivity index (χ4n) is 2.74. The molecule has 1 aromatic heterocycles. The van der Waals surface area contributed by atoms with Crippen LogP contribution in [0.15, 0.2) is 51.7 Å². The summed E-state index contributed by atoms with van der Waals surface area (Å²) < 4.78 is 11.4. The third kappa shape index (κ3) is 5.07. The normalized spacial score (nSPS) is 12.8. The number of β-amino-alcohol motifs (C(OH)–C–C–N with tert-alkyl or cyclic N) is 1. The summed E-state index contributed by atoms with van der Waals surface area (Å²) in [5.41, 5.74) is 0.0280. The van der Waals surface area contributed by atoms with Crippen LogP contribution in [0.1, 0.15) is 20.8 Å². The lowest BCUT2D eigenvalue weighted by molar-refractivity contribution is 0.100. The molecule has 0 saturated carbocycles. The monoisotopic (exact) mass is 399 g/mol. The predicted molar refractivity (Wildman–Crippen MR) is 111 cm³/mol. The number of aliphatic hydroxyl groups is 1. The first-order valence-electron chi connectivity index (χ1n) is 9.29. The van der Waals surface area contributed by atoms with Gasteiger partial charge in [-0.15, -0.1) is 0 Å². The first-order valence-corrected chi connectivity index (χ1v) is 9.29. The second-order valence-electron chi connectivity index (χ2n) is 7.91. The van der Waals surface area contributed by atoms with Gasteiger partial charge in [-0.05, 0) is 57.2 Å². The van der Waals surface area contributed by atoms with Crippen molar-refractivity contribution in [3.8, 4) is 28.6 Å². The highest BCUT2D eigenvalue weighted by molar-refractivity contribution is 5.83. The van der Waals surface area contributed by atoms with Crippen LogP contribution in [0.2, 0.25) is 0 Å². The Balaban J connectivity index is 1.84. The van der Waals surface area contributed by atoms with E-state index in [1.165, 1.54) is 30.3 Å². The molecule has 0 aliphatic rings. The van der Waals surface area contributed by atoms with Crippen molar-refractivity contribution in [1.82, 2.24) is 5.32 Å². The lowest BCUT2D eigenvalue weighted by Crippen LogP contribution is -2.42. The van der Waals surface area contributed by atoms with E-state index in [4.69, 9.17) is 9.15 Å². The van der Waals surface area contributed by atoms with E-state index in [1.807, 2.05) is 20.8 Å². The molecule has 0 bridgehead atoms. The number of aliphatic hydroxyl groups excluding tert-OH is 1. The van der Waals surface area contributed by atoms with Crippen LogP contribution in [0.4, 0.5) is 0 Å². The van der Waals surface area contributed by atoms with Crippen LogP contribution in [0, 0.1) is 0 Å². The van der Waals surface area contributed by atoms with Crippen LogP contribution in [0.25, 0.3) is 22.3 Å². The standard InChI is InChI=1S/C22H25NO6/c1-22(2,3)23-11-15(25)12-28-16-8-9-17-18(10-16)29-21(20(27)19(17)26)13-4-6-14(24)7-5-13/h4-10,15,23-25,27H,11-12H2,1-3H3. The van der Waals surface area contributed by atoms with Gasteiger partial charge >= 0.3 is 0 Å². The molecule has 0 fully saturated rings. The summed E-state index contributed by atoms with van der Waals surface area (Å²) in [6.07, 6.45) is -0.704. The van der Waals surface area contributed by atoms with Crippen molar-refractivity contribution in [2.75, 3.05) is 13.2 Å². The first kappa shape index (κ1) is 20.7. The molecule has 29 heavy (non-hydrogen) atoms. The van der Waals surface area contributed by atoms with E-state index in [0.29, 0.717) is 17.9 Å². The molecular formula is C22H25NO6. The maximum absolute atomic E-state index is 12.5. The molecule has 3 rings (SSSR count). The molecule has 1 atom stereocenters. The summed E-state index contributed by atoms with van der Waals surface area (Å²) in [7, 11) is 0. The molecule has 1 unspecified atom stereocenters. The first-order chi connectivity index (χ1) is 13.6. The second kappa shape index (κ2) is 8.14. The number of phenols is 1. The average molecular weight is 399 g/mol. The van der Waals surface area contributed by atoms with Gasteiger partial charge in [0.05, 0.1) is 5.39 Å². The highest BCUT2D eigenvalue weighted by Crippen LogP contribution is 2.32. The van der Waals surface area contributed by atoms with Crippen LogP contribution in [0.3, 0.4) is 0 Å². The Kier molecular flexibility index (Phi) is 5.81.